The van der Waals surface area contributed by atoms with E-state index >= 15 is 0 Å². The van der Waals surface area contributed by atoms with Crippen LogP contribution in [0.4, 0.5) is 4.39 Å². The average molecular weight is 287 g/mol. The smallest absolute Gasteiger partial charge is 0.251 e. The van der Waals surface area contributed by atoms with E-state index in [1.165, 1.54) is 12.1 Å². The highest BCUT2D eigenvalue weighted by Crippen LogP contribution is 2.23. The Morgan fingerprint density at radius 2 is 2.37 bits per heavy atom. The average Bonchev–Trinajstić information content (AvgIpc) is 2.38. The van der Waals surface area contributed by atoms with Gasteiger partial charge in [-0.2, -0.15) is 0 Å². The molecule has 4 nitrogen and oxygen atoms in total. The zero-order valence-corrected chi connectivity index (χ0v) is 11.3. The van der Waals surface area contributed by atoms with Crippen molar-refractivity contribution in [3.05, 3.63) is 34.6 Å². The minimum Gasteiger partial charge on any atom is -0.376 e. The highest BCUT2D eigenvalue weighted by atomic mass is 35.5. The molecule has 1 amide bonds. The molecule has 3 atom stereocenters. The molecule has 0 aromatic heterocycles. The number of benzene rings is 1. The Hall–Kier alpha value is -1.17. The molecule has 19 heavy (non-hydrogen) atoms. The number of nitrogens with one attached hydrogen (secondary N) is 1. The predicted molar refractivity (Wildman–Crippen MR) is 70.7 cm³/mol. The van der Waals surface area contributed by atoms with Crippen molar-refractivity contribution in [3.63, 3.8) is 0 Å². The van der Waals surface area contributed by atoms with Crippen molar-refractivity contribution in [2.45, 2.75) is 31.5 Å². The van der Waals surface area contributed by atoms with Crippen molar-refractivity contribution in [2.75, 3.05) is 6.61 Å². The second kappa shape index (κ2) is 5.86. The Labute approximate surface area is 116 Å². The maximum absolute atomic E-state index is 13.3. The summed E-state index contributed by atoms with van der Waals surface area (Å²) in [6.07, 6.45) is 0.648. The maximum Gasteiger partial charge on any atom is 0.251 e. The summed E-state index contributed by atoms with van der Waals surface area (Å²) in [7, 11) is 0. The molecule has 3 unspecified atom stereocenters. The van der Waals surface area contributed by atoms with Gasteiger partial charge in [-0.3, -0.25) is 4.79 Å². The van der Waals surface area contributed by atoms with Crippen molar-refractivity contribution >= 4 is 17.5 Å². The Morgan fingerprint density at radius 3 is 2.95 bits per heavy atom. The molecule has 104 valence electrons. The normalized spacial score (nSPS) is 25.8. The lowest BCUT2D eigenvalue weighted by Crippen LogP contribution is -2.64. The Balaban J connectivity index is 2.02. The van der Waals surface area contributed by atoms with Gasteiger partial charge in [-0.15, -0.1) is 0 Å². The Bertz CT molecular complexity index is 482. The van der Waals surface area contributed by atoms with Gasteiger partial charge < -0.3 is 15.8 Å². The SMILES string of the molecule is CCOC1CC(N)C1NC(=O)c1ccc(Cl)c(F)c1. The second-order valence-corrected chi connectivity index (χ2v) is 4.93. The van der Waals surface area contributed by atoms with E-state index in [0.717, 1.165) is 6.07 Å². The third kappa shape index (κ3) is 3.05. The van der Waals surface area contributed by atoms with E-state index in [-0.39, 0.29) is 34.7 Å². The van der Waals surface area contributed by atoms with Gasteiger partial charge in [0.15, 0.2) is 0 Å². The molecule has 0 aliphatic heterocycles. The molecule has 0 heterocycles. The topological polar surface area (TPSA) is 64.3 Å². The fourth-order valence-electron chi connectivity index (χ4n) is 2.10. The third-order valence-corrected chi connectivity index (χ3v) is 3.53. The van der Waals surface area contributed by atoms with Crippen molar-refractivity contribution in [2.24, 2.45) is 5.73 Å². The molecule has 0 bridgehead atoms. The van der Waals surface area contributed by atoms with Crippen molar-refractivity contribution in [3.8, 4) is 0 Å². The third-order valence-electron chi connectivity index (χ3n) is 3.23. The van der Waals surface area contributed by atoms with Gasteiger partial charge in [0.25, 0.3) is 5.91 Å². The van der Waals surface area contributed by atoms with Gasteiger partial charge >= 0.3 is 0 Å². The largest absolute Gasteiger partial charge is 0.376 e. The quantitative estimate of drug-likeness (QED) is 0.886. The number of rotatable bonds is 4. The lowest BCUT2D eigenvalue weighted by molar-refractivity contribution is -0.0300. The Morgan fingerprint density at radius 1 is 1.63 bits per heavy atom. The first kappa shape index (κ1) is 14.2. The molecule has 0 saturated heterocycles. The van der Waals surface area contributed by atoms with Crippen LogP contribution in [0.5, 0.6) is 0 Å². The lowest BCUT2D eigenvalue weighted by Gasteiger charge is -2.42. The lowest BCUT2D eigenvalue weighted by atomic mass is 9.83. The van der Waals surface area contributed by atoms with Crippen LogP contribution in [0.1, 0.15) is 23.7 Å². The summed E-state index contributed by atoms with van der Waals surface area (Å²) < 4.78 is 18.7. The zero-order valence-electron chi connectivity index (χ0n) is 10.5. The van der Waals surface area contributed by atoms with Gasteiger partial charge in [-0.1, -0.05) is 11.6 Å². The highest BCUT2D eigenvalue weighted by Gasteiger charge is 2.40. The summed E-state index contributed by atoms with van der Waals surface area (Å²) in [6.45, 7) is 2.45. The summed E-state index contributed by atoms with van der Waals surface area (Å²) >= 11 is 5.57. The van der Waals surface area contributed by atoms with E-state index < -0.39 is 5.82 Å². The van der Waals surface area contributed by atoms with Crippen molar-refractivity contribution in [1.82, 2.24) is 5.32 Å². The minimum atomic E-state index is -0.617. The van der Waals surface area contributed by atoms with Gasteiger partial charge in [0, 0.05) is 18.2 Å². The number of ether oxygens (including phenoxy) is 1. The van der Waals surface area contributed by atoms with Crippen molar-refractivity contribution in [1.29, 1.82) is 0 Å². The number of hydrogen-bond donors (Lipinski definition) is 2. The number of carbonyl (C=O) groups is 1. The van der Waals surface area contributed by atoms with Crippen LogP contribution in [0.3, 0.4) is 0 Å². The van der Waals surface area contributed by atoms with Crippen LogP contribution in [-0.4, -0.2) is 30.7 Å². The molecular formula is C13H16ClFN2O2. The summed E-state index contributed by atoms with van der Waals surface area (Å²) in [6, 6.07) is 3.58. The summed E-state index contributed by atoms with van der Waals surface area (Å²) in [5.41, 5.74) is 6.05. The van der Waals surface area contributed by atoms with Crippen LogP contribution in [0.2, 0.25) is 5.02 Å². The van der Waals surface area contributed by atoms with E-state index in [4.69, 9.17) is 22.1 Å². The van der Waals surface area contributed by atoms with E-state index in [9.17, 15) is 9.18 Å². The Kier molecular flexibility index (Phi) is 4.39. The molecule has 1 aliphatic rings. The molecule has 0 spiro atoms. The minimum absolute atomic E-state index is 0.0101. The van der Waals surface area contributed by atoms with Gasteiger partial charge in [-0.05, 0) is 31.5 Å². The molecule has 3 N–H and O–H groups in total. The molecule has 1 fully saturated rings. The number of halogens is 2. The van der Waals surface area contributed by atoms with E-state index in [1.54, 1.807) is 0 Å². The maximum atomic E-state index is 13.3. The van der Waals surface area contributed by atoms with Crippen LogP contribution in [0.15, 0.2) is 18.2 Å². The molecule has 1 aliphatic carbocycles. The van der Waals surface area contributed by atoms with Crippen LogP contribution in [-0.2, 0) is 4.74 Å². The summed E-state index contributed by atoms with van der Waals surface area (Å²) in [5.74, 6) is -0.992. The van der Waals surface area contributed by atoms with Crippen LogP contribution in [0, 0.1) is 5.82 Å². The summed E-state index contributed by atoms with van der Waals surface area (Å²) in [5, 5.41) is 2.76. The van der Waals surface area contributed by atoms with Crippen LogP contribution in [0.25, 0.3) is 0 Å². The number of nitrogens with two attached hydrogens (primary N) is 1. The van der Waals surface area contributed by atoms with E-state index in [1.807, 2.05) is 6.92 Å². The first-order chi connectivity index (χ1) is 9.02. The molecule has 0 radical (unpaired) electrons. The first-order valence-electron chi connectivity index (χ1n) is 6.16. The van der Waals surface area contributed by atoms with Crippen LogP contribution >= 0.6 is 11.6 Å². The monoisotopic (exact) mass is 286 g/mol. The summed E-state index contributed by atoms with van der Waals surface area (Å²) in [4.78, 5) is 12.0. The molecule has 1 saturated carbocycles. The number of hydrogen-bond acceptors (Lipinski definition) is 3. The molecular weight excluding hydrogens is 271 g/mol. The van der Waals surface area contributed by atoms with E-state index in [0.29, 0.717) is 13.0 Å². The van der Waals surface area contributed by atoms with Gasteiger partial charge in [0.2, 0.25) is 0 Å². The van der Waals surface area contributed by atoms with E-state index in [2.05, 4.69) is 5.32 Å². The first-order valence-corrected chi connectivity index (χ1v) is 6.53. The fraction of sp³-hybridized carbons (Fsp3) is 0.462. The second-order valence-electron chi connectivity index (χ2n) is 4.52. The molecule has 1 aromatic carbocycles. The number of amides is 1. The van der Waals surface area contributed by atoms with Gasteiger partial charge in [-0.25, -0.2) is 4.39 Å². The fourth-order valence-corrected chi connectivity index (χ4v) is 2.22. The van der Waals surface area contributed by atoms with Crippen molar-refractivity contribution < 1.29 is 13.9 Å². The standard InChI is InChI=1S/C13H16ClFN2O2/c1-2-19-11-6-10(16)12(11)17-13(18)7-3-4-8(14)9(15)5-7/h3-5,10-12H,2,6,16H2,1H3,(H,17,18). The van der Waals surface area contributed by atoms with Gasteiger partial charge in [0.05, 0.1) is 17.2 Å². The molecule has 6 heteroatoms. The predicted octanol–water partition coefficient (Wildman–Crippen LogP) is 1.71. The molecule has 1 aromatic rings. The number of carbonyl (C=O) groups excluding carboxylic acids is 1. The zero-order chi connectivity index (χ0) is 14.0. The molecule has 2 rings (SSSR count). The highest BCUT2D eigenvalue weighted by molar-refractivity contribution is 6.30. The van der Waals surface area contributed by atoms with Gasteiger partial charge in [0.1, 0.15) is 5.82 Å². The van der Waals surface area contributed by atoms with Crippen LogP contribution < -0.4 is 11.1 Å².